The average Bonchev–Trinajstić information content (AvgIpc) is 2.86. The first kappa shape index (κ1) is 12.7. The molecule has 3 unspecified atom stereocenters. The Hall–Kier alpha value is -1.06. The predicted octanol–water partition coefficient (Wildman–Crippen LogP) is 2.40. The van der Waals surface area contributed by atoms with E-state index in [0.29, 0.717) is 6.04 Å². The van der Waals surface area contributed by atoms with Crippen molar-refractivity contribution in [3.05, 3.63) is 29.8 Å². The van der Waals surface area contributed by atoms with E-state index < -0.39 is 5.60 Å². The minimum absolute atomic E-state index is 0.213. The summed E-state index contributed by atoms with van der Waals surface area (Å²) in [7, 11) is 0. The van der Waals surface area contributed by atoms with E-state index in [-0.39, 0.29) is 6.04 Å². The summed E-state index contributed by atoms with van der Waals surface area (Å²) in [6, 6.07) is 9.13. The van der Waals surface area contributed by atoms with E-state index in [1.807, 2.05) is 0 Å². The number of fused-ring (bicyclic) bond motifs is 2. The summed E-state index contributed by atoms with van der Waals surface area (Å²) in [5.41, 5.74) is 2.09. The van der Waals surface area contributed by atoms with Crippen LogP contribution in [0.15, 0.2) is 24.3 Å². The summed E-state index contributed by atoms with van der Waals surface area (Å²) in [4.78, 5) is 2.52. The predicted molar refractivity (Wildman–Crippen MR) is 81.0 cm³/mol. The smallest absolute Gasteiger partial charge is 0.101 e. The summed E-state index contributed by atoms with van der Waals surface area (Å²) < 4.78 is 0. The second-order valence-corrected chi connectivity index (χ2v) is 6.68. The maximum atomic E-state index is 11.3. The SMILES string of the molecule is OC1(C2CCc3ccccc3N2)CCN2CCCCC21. The Morgan fingerprint density at radius 2 is 2.05 bits per heavy atom. The molecule has 3 atom stereocenters. The molecule has 0 amide bonds. The van der Waals surface area contributed by atoms with E-state index in [1.54, 1.807) is 0 Å². The topological polar surface area (TPSA) is 35.5 Å². The highest BCUT2D eigenvalue weighted by Gasteiger charge is 2.51. The lowest BCUT2D eigenvalue weighted by molar-refractivity contribution is -0.0268. The third-order valence-electron chi connectivity index (χ3n) is 5.64. The number of hydrogen-bond acceptors (Lipinski definition) is 3. The van der Waals surface area contributed by atoms with Crippen LogP contribution in [-0.4, -0.2) is 40.8 Å². The van der Waals surface area contributed by atoms with Gasteiger partial charge in [0.25, 0.3) is 0 Å². The number of para-hydroxylation sites is 1. The lowest BCUT2D eigenvalue weighted by atomic mass is 9.78. The fourth-order valence-electron chi connectivity index (χ4n) is 4.53. The standard InChI is InChI=1S/C17H24N2O/c20-17(10-12-19-11-4-3-7-16(17)19)15-9-8-13-5-1-2-6-14(13)18-15/h1-2,5-6,15-16,18,20H,3-4,7-12H2. The molecule has 1 aromatic carbocycles. The lowest BCUT2D eigenvalue weighted by Gasteiger charge is -2.44. The fraction of sp³-hybridized carbons (Fsp3) is 0.647. The third-order valence-corrected chi connectivity index (χ3v) is 5.64. The molecule has 4 rings (SSSR count). The lowest BCUT2D eigenvalue weighted by Crippen LogP contribution is -2.57. The molecule has 0 aromatic heterocycles. The first-order valence-electron chi connectivity index (χ1n) is 8.08. The van der Waals surface area contributed by atoms with E-state index in [9.17, 15) is 5.11 Å². The number of aryl methyl sites for hydroxylation is 1. The largest absolute Gasteiger partial charge is 0.386 e. The van der Waals surface area contributed by atoms with Gasteiger partial charge in [-0.05, 0) is 50.3 Å². The summed E-state index contributed by atoms with van der Waals surface area (Å²) in [5.74, 6) is 0. The fourth-order valence-corrected chi connectivity index (χ4v) is 4.53. The summed E-state index contributed by atoms with van der Waals surface area (Å²) in [6.45, 7) is 2.25. The summed E-state index contributed by atoms with van der Waals surface area (Å²) in [6.07, 6.45) is 6.80. The molecule has 3 aliphatic heterocycles. The van der Waals surface area contributed by atoms with E-state index >= 15 is 0 Å². The molecule has 108 valence electrons. The second-order valence-electron chi connectivity index (χ2n) is 6.68. The molecular formula is C17H24N2O. The highest BCUT2D eigenvalue weighted by molar-refractivity contribution is 5.54. The molecule has 0 saturated carbocycles. The Balaban J connectivity index is 1.59. The molecule has 2 saturated heterocycles. The Kier molecular flexibility index (Phi) is 3.00. The normalized spacial score (nSPS) is 37.0. The Bertz CT molecular complexity index is 504. The Labute approximate surface area is 121 Å². The van der Waals surface area contributed by atoms with Gasteiger partial charge in [0, 0.05) is 18.3 Å². The number of rotatable bonds is 1. The van der Waals surface area contributed by atoms with Crippen molar-refractivity contribution < 1.29 is 5.11 Å². The maximum absolute atomic E-state index is 11.3. The minimum Gasteiger partial charge on any atom is -0.386 e. The van der Waals surface area contributed by atoms with Crippen molar-refractivity contribution in [2.75, 3.05) is 18.4 Å². The van der Waals surface area contributed by atoms with Crippen LogP contribution in [0.3, 0.4) is 0 Å². The first-order valence-corrected chi connectivity index (χ1v) is 8.08. The molecule has 20 heavy (non-hydrogen) atoms. The van der Waals surface area contributed by atoms with Crippen molar-refractivity contribution in [1.82, 2.24) is 4.90 Å². The van der Waals surface area contributed by atoms with Crippen LogP contribution in [0.25, 0.3) is 0 Å². The number of aliphatic hydroxyl groups is 1. The molecule has 2 fully saturated rings. The molecule has 3 heterocycles. The highest BCUT2D eigenvalue weighted by atomic mass is 16.3. The van der Waals surface area contributed by atoms with Gasteiger partial charge in [-0.25, -0.2) is 0 Å². The van der Waals surface area contributed by atoms with Crippen LogP contribution in [0, 0.1) is 0 Å². The summed E-state index contributed by atoms with van der Waals surface area (Å²) >= 11 is 0. The van der Waals surface area contributed by atoms with Gasteiger partial charge in [0.2, 0.25) is 0 Å². The van der Waals surface area contributed by atoms with Crippen LogP contribution >= 0.6 is 0 Å². The Morgan fingerprint density at radius 3 is 3.00 bits per heavy atom. The average molecular weight is 272 g/mol. The van der Waals surface area contributed by atoms with Gasteiger partial charge in [-0.3, -0.25) is 4.90 Å². The van der Waals surface area contributed by atoms with E-state index in [0.717, 1.165) is 32.2 Å². The van der Waals surface area contributed by atoms with E-state index in [1.165, 1.54) is 30.6 Å². The van der Waals surface area contributed by atoms with Gasteiger partial charge in [-0.15, -0.1) is 0 Å². The molecule has 0 spiro atoms. The van der Waals surface area contributed by atoms with Gasteiger partial charge in [-0.1, -0.05) is 24.6 Å². The van der Waals surface area contributed by atoms with E-state index in [2.05, 4.69) is 34.5 Å². The van der Waals surface area contributed by atoms with Gasteiger partial charge in [-0.2, -0.15) is 0 Å². The monoisotopic (exact) mass is 272 g/mol. The number of hydrogen-bond donors (Lipinski definition) is 2. The zero-order valence-corrected chi connectivity index (χ0v) is 12.0. The molecule has 0 aliphatic carbocycles. The number of nitrogens with zero attached hydrogens (tertiary/aromatic N) is 1. The van der Waals surface area contributed by atoms with Crippen LogP contribution in [-0.2, 0) is 6.42 Å². The number of nitrogens with one attached hydrogen (secondary N) is 1. The van der Waals surface area contributed by atoms with Crippen molar-refractivity contribution in [2.45, 2.75) is 56.2 Å². The van der Waals surface area contributed by atoms with Crippen molar-refractivity contribution >= 4 is 5.69 Å². The molecule has 3 nitrogen and oxygen atoms in total. The van der Waals surface area contributed by atoms with Crippen molar-refractivity contribution in [3.8, 4) is 0 Å². The van der Waals surface area contributed by atoms with E-state index in [4.69, 9.17) is 0 Å². The minimum atomic E-state index is -0.534. The number of piperidine rings is 1. The Morgan fingerprint density at radius 1 is 1.15 bits per heavy atom. The first-order chi connectivity index (χ1) is 9.77. The second kappa shape index (κ2) is 4.74. The van der Waals surface area contributed by atoms with Crippen LogP contribution in [0.5, 0.6) is 0 Å². The maximum Gasteiger partial charge on any atom is 0.101 e. The number of anilines is 1. The quantitative estimate of drug-likeness (QED) is 0.824. The highest BCUT2D eigenvalue weighted by Crippen LogP contribution is 2.41. The van der Waals surface area contributed by atoms with Crippen LogP contribution < -0.4 is 5.32 Å². The molecular weight excluding hydrogens is 248 g/mol. The van der Waals surface area contributed by atoms with Gasteiger partial charge in [0.15, 0.2) is 0 Å². The molecule has 0 radical (unpaired) electrons. The molecule has 3 aliphatic rings. The van der Waals surface area contributed by atoms with Gasteiger partial charge >= 0.3 is 0 Å². The molecule has 2 N–H and O–H groups in total. The molecule has 1 aromatic rings. The van der Waals surface area contributed by atoms with Gasteiger partial charge < -0.3 is 10.4 Å². The van der Waals surface area contributed by atoms with Gasteiger partial charge in [0.1, 0.15) is 5.60 Å². The van der Waals surface area contributed by atoms with Gasteiger partial charge in [0.05, 0.1) is 6.04 Å². The zero-order chi connectivity index (χ0) is 13.6. The summed E-state index contributed by atoms with van der Waals surface area (Å²) in [5, 5.41) is 15.0. The third kappa shape index (κ3) is 1.87. The molecule has 0 bridgehead atoms. The van der Waals surface area contributed by atoms with Crippen LogP contribution in [0.4, 0.5) is 5.69 Å². The van der Waals surface area contributed by atoms with Crippen molar-refractivity contribution in [2.24, 2.45) is 0 Å². The van der Waals surface area contributed by atoms with Crippen LogP contribution in [0.2, 0.25) is 0 Å². The van der Waals surface area contributed by atoms with Crippen molar-refractivity contribution in [3.63, 3.8) is 0 Å². The van der Waals surface area contributed by atoms with Crippen molar-refractivity contribution in [1.29, 1.82) is 0 Å². The number of benzene rings is 1. The zero-order valence-electron chi connectivity index (χ0n) is 12.0. The molecule has 3 heteroatoms. The van der Waals surface area contributed by atoms with Crippen LogP contribution in [0.1, 0.15) is 37.7 Å².